The lowest BCUT2D eigenvalue weighted by atomic mass is 10.1. The summed E-state index contributed by atoms with van der Waals surface area (Å²) in [6, 6.07) is 7.36. The van der Waals surface area contributed by atoms with E-state index in [0.717, 1.165) is 6.54 Å². The zero-order chi connectivity index (χ0) is 16.4. The van der Waals surface area contributed by atoms with Gasteiger partial charge in [0.25, 0.3) is 0 Å². The van der Waals surface area contributed by atoms with E-state index in [1.807, 2.05) is 19.9 Å². The third-order valence-corrected chi connectivity index (χ3v) is 3.22. The first-order valence-electron chi connectivity index (χ1n) is 7.76. The van der Waals surface area contributed by atoms with Crippen molar-refractivity contribution in [2.45, 2.75) is 39.7 Å². The summed E-state index contributed by atoms with van der Waals surface area (Å²) in [7, 11) is 0. The van der Waals surface area contributed by atoms with Crippen LogP contribution in [0.15, 0.2) is 24.3 Å². The van der Waals surface area contributed by atoms with E-state index in [-0.39, 0.29) is 17.7 Å². The maximum absolute atomic E-state index is 11.7. The molecule has 2 N–H and O–H groups in total. The molecule has 0 aliphatic carbocycles. The van der Waals surface area contributed by atoms with Crippen LogP contribution in [0.25, 0.3) is 0 Å². The number of hydrogen-bond donors (Lipinski definition) is 2. The third-order valence-electron chi connectivity index (χ3n) is 3.22. The first kappa shape index (κ1) is 18.2. The lowest BCUT2D eigenvalue weighted by Gasteiger charge is -2.13. The Hall–Kier alpha value is -1.88. The van der Waals surface area contributed by atoms with Crippen LogP contribution in [0.3, 0.4) is 0 Å². The van der Waals surface area contributed by atoms with Crippen molar-refractivity contribution < 1.29 is 14.3 Å². The highest BCUT2D eigenvalue weighted by atomic mass is 16.5. The molecule has 0 fully saturated rings. The van der Waals surface area contributed by atoms with Gasteiger partial charge in [0.15, 0.2) is 5.78 Å². The minimum Gasteiger partial charge on any atom is -0.494 e. The molecule has 0 spiro atoms. The molecule has 1 atom stereocenters. The summed E-state index contributed by atoms with van der Waals surface area (Å²) in [4.78, 5) is 22.9. The highest BCUT2D eigenvalue weighted by Gasteiger charge is 2.05. The average molecular weight is 306 g/mol. The van der Waals surface area contributed by atoms with Gasteiger partial charge in [0.05, 0.1) is 6.61 Å². The van der Waals surface area contributed by atoms with Crippen molar-refractivity contribution in [3.63, 3.8) is 0 Å². The Morgan fingerprint density at radius 3 is 2.77 bits per heavy atom. The molecular weight excluding hydrogens is 280 g/mol. The quantitative estimate of drug-likeness (QED) is 0.513. The van der Waals surface area contributed by atoms with Crippen molar-refractivity contribution >= 4 is 11.7 Å². The van der Waals surface area contributed by atoms with Crippen molar-refractivity contribution in [1.82, 2.24) is 10.6 Å². The van der Waals surface area contributed by atoms with Gasteiger partial charge < -0.3 is 15.4 Å². The third kappa shape index (κ3) is 7.22. The predicted octanol–water partition coefficient (Wildman–Crippen LogP) is 2.16. The summed E-state index contributed by atoms with van der Waals surface area (Å²) in [6.45, 7) is 7.58. The fraction of sp³-hybridized carbons (Fsp3) is 0.529. The number of ether oxygens (including phenoxy) is 1. The standard InChI is InChI=1S/C17H26N2O3/c1-4-18-13(2)12-19-17(21)9-6-10-22-16-8-5-7-15(11-16)14(3)20/h5,7-8,11,13,18H,4,6,9-10,12H2,1-3H3,(H,19,21)/t13-/m1/s1. The second kappa shape index (κ2) is 9.95. The van der Waals surface area contributed by atoms with E-state index in [0.29, 0.717) is 37.3 Å². The van der Waals surface area contributed by atoms with Crippen molar-refractivity contribution in [3.8, 4) is 5.75 Å². The van der Waals surface area contributed by atoms with Crippen molar-refractivity contribution in [2.75, 3.05) is 19.7 Å². The summed E-state index contributed by atoms with van der Waals surface area (Å²) in [5, 5.41) is 6.13. The van der Waals surface area contributed by atoms with Gasteiger partial charge in [0, 0.05) is 24.6 Å². The summed E-state index contributed by atoms with van der Waals surface area (Å²) in [5.74, 6) is 0.708. The summed E-state index contributed by atoms with van der Waals surface area (Å²) in [5.41, 5.74) is 0.632. The molecule has 0 aliphatic heterocycles. The van der Waals surface area contributed by atoms with Crippen LogP contribution in [0, 0.1) is 0 Å². The lowest BCUT2D eigenvalue weighted by molar-refractivity contribution is -0.121. The van der Waals surface area contributed by atoms with E-state index < -0.39 is 0 Å². The monoisotopic (exact) mass is 306 g/mol. The second-order valence-corrected chi connectivity index (χ2v) is 5.30. The number of Topliss-reactive ketones (excluding diaryl/α,β-unsaturated/α-hetero) is 1. The fourth-order valence-electron chi connectivity index (χ4n) is 2.00. The number of ketones is 1. The van der Waals surface area contributed by atoms with Crippen LogP contribution < -0.4 is 15.4 Å². The van der Waals surface area contributed by atoms with Crippen molar-refractivity contribution in [3.05, 3.63) is 29.8 Å². The number of hydrogen-bond acceptors (Lipinski definition) is 4. The highest BCUT2D eigenvalue weighted by Crippen LogP contribution is 2.14. The van der Waals surface area contributed by atoms with Crippen LogP contribution in [-0.2, 0) is 4.79 Å². The summed E-state index contributed by atoms with van der Waals surface area (Å²) >= 11 is 0. The van der Waals surface area contributed by atoms with Gasteiger partial charge in [-0.2, -0.15) is 0 Å². The highest BCUT2D eigenvalue weighted by molar-refractivity contribution is 5.94. The fourth-order valence-corrected chi connectivity index (χ4v) is 2.00. The number of likely N-dealkylation sites (N-methyl/N-ethyl adjacent to an activating group) is 1. The van der Waals surface area contributed by atoms with Gasteiger partial charge in [-0.25, -0.2) is 0 Å². The number of carbonyl (C=O) groups excluding carboxylic acids is 2. The Labute approximate surface area is 132 Å². The minimum absolute atomic E-state index is 0.0136. The Morgan fingerprint density at radius 2 is 2.09 bits per heavy atom. The molecule has 22 heavy (non-hydrogen) atoms. The lowest BCUT2D eigenvalue weighted by Crippen LogP contribution is -2.38. The first-order chi connectivity index (χ1) is 10.5. The predicted molar refractivity (Wildman–Crippen MR) is 87.3 cm³/mol. The molecule has 0 radical (unpaired) electrons. The molecule has 0 saturated carbocycles. The number of amides is 1. The van der Waals surface area contributed by atoms with Crippen molar-refractivity contribution in [1.29, 1.82) is 0 Å². The molecular formula is C17H26N2O3. The molecule has 5 heteroatoms. The smallest absolute Gasteiger partial charge is 0.220 e. The number of benzene rings is 1. The zero-order valence-electron chi connectivity index (χ0n) is 13.6. The molecule has 1 rings (SSSR count). The van der Waals surface area contributed by atoms with Crippen LogP contribution in [0.4, 0.5) is 0 Å². The molecule has 0 aromatic heterocycles. The van der Waals surface area contributed by atoms with E-state index >= 15 is 0 Å². The van der Waals surface area contributed by atoms with Crippen LogP contribution in [-0.4, -0.2) is 37.4 Å². The van der Waals surface area contributed by atoms with E-state index in [2.05, 4.69) is 10.6 Å². The van der Waals surface area contributed by atoms with Crippen LogP contribution in [0.2, 0.25) is 0 Å². The molecule has 0 heterocycles. The molecule has 122 valence electrons. The average Bonchev–Trinajstić information content (AvgIpc) is 2.50. The van der Waals surface area contributed by atoms with Crippen LogP contribution in [0.1, 0.15) is 44.0 Å². The molecule has 0 bridgehead atoms. The number of carbonyl (C=O) groups is 2. The first-order valence-corrected chi connectivity index (χ1v) is 7.76. The molecule has 5 nitrogen and oxygen atoms in total. The Bertz CT molecular complexity index is 489. The zero-order valence-corrected chi connectivity index (χ0v) is 13.6. The molecule has 0 aliphatic rings. The molecule has 0 saturated heterocycles. The largest absolute Gasteiger partial charge is 0.494 e. The molecule has 1 aromatic rings. The van der Waals surface area contributed by atoms with Gasteiger partial charge in [-0.05, 0) is 38.9 Å². The molecule has 0 unspecified atom stereocenters. The van der Waals surface area contributed by atoms with E-state index in [1.54, 1.807) is 18.2 Å². The van der Waals surface area contributed by atoms with E-state index in [9.17, 15) is 9.59 Å². The second-order valence-electron chi connectivity index (χ2n) is 5.30. The Balaban J connectivity index is 2.21. The van der Waals surface area contributed by atoms with Gasteiger partial charge in [-0.1, -0.05) is 19.1 Å². The normalized spacial score (nSPS) is 11.8. The van der Waals surface area contributed by atoms with Gasteiger partial charge in [0.2, 0.25) is 5.91 Å². The number of nitrogens with one attached hydrogen (secondary N) is 2. The van der Waals surface area contributed by atoms with Crippen LogP contribution in [0.5, 0.6) is 5.75 Å². The summed E-state index contributed by atoms with van der Waals surface area (Å²) in [6.07, 6.45) is 1.08. The topological polar surface area (TPSA) is 67.4 Å². The number of rotatable bonds is 10. The SMILES string of the molecule is CCN[C@H](C)CNC(=O)CCCOc1cccc(C(C)=O)c1. The van der Waals surface area contributed by atoms with Gasteiger partial charge >= 0.3 is 0 Å². The minimum atomic E-state index is 0.0136. The van der Waals surface area contributed by atoms with Gasteiger partial charge in [-0.3, -0.25) is 9.59 Å². The van der Waals surface area contributed by atoms with Crippen LogP contribution >= 0.6 is 0 Å². The molecule has 1 aromatic carbocycles. The van der Waals surface area contributed by atoms with Gasteiger partial charge in [-0.15, -0.1) is 0 Å². The Kier molecular flexibility index (Phi) is 8.22. The van der Waals surface area contributed by atoms with Gasteiger partial charge in [0.1, 0.15) is 5.75 Å². The maximum Gasteiger partial charge on any atom is 0.220 e. The maximum atomic E-state index is 11.7. The van der Waals surface area contributed by atoms with Crippen molar-refractivity contribution in [2.24, 2.45) is 0 Å². The Morgan fingerprint density at radius 1 is 1.32 bits per heavy atom. The van der Waals surface area contributed by atoms with E-state index in [4.69, 9.17) is 4.74 Å². The summed E-state index contributed by atoms with van der Waals surface area (Å²) < 4.78 is 5.57. The molecule has 1 amide bonds. The van der Waals surface area contributed by atoms with E-state index in [1.165, 1.54) is 6.92 Å².